The first-order valence-corrected chi connectivity index (χ1v) is 5.41. The molecule has 0 bridgehead atoms. The predicted molar refractivity (Wildman–Crippen MR) is 69.6 cm³/mol. The van der Waals surface area contributed by atoms with Crippen LogP contribution in [0.4, 0.5) is 5.69 Å². The molecule has 0 fully saturated rings. The highest BCUT2D eigenvalue weighted by Gasteiger charge is 2.11. The van der Waals surface area contributed by atoms with Crippen molar-refractivity contribution >= 4 is 29.0 Å². The number of carboxylic acid groups (broad SMARTS) is 1. The van der Waals surface area contributed by atoms with Crippen molar-refractivity contribution < 1.29 is 14.6 Å². The van der Waals surface area contributed by atoms with Crippen LogP contribution in [0.25, 0.3) is 0 Å². The van der Waals surface area contributed by atoms with E-state index in [1.165, 1.54) is 12.1 Å². The summed E-state index contributed by atoms with van der Waals surface area (Å²) in [6.45, 7) is 3.74. The van der Waals surface area contributed by atoms with E-state index >= 15 is 0 Å². The molecule has 1 aromatic rings. The summed E-state index contributed by atoms with van der Waals surface area (Å²) in [5, 5.41) is 11.6. The molecule has 0 aliphatic rings. The van der Waals surface area contributed by atoms with Gasteiger partial charge in [-0.05, 0) is 44.3 Å². The number of nitrogens with one attached hydrogen (secondary N) is 1. The van der Waals surface area contributed by atoms with E-state index in [4.69, 9.17) is 27.8 Å². The molecule has 1 rings (SSSR count). The molecule has 0 aliphatic carbocycles. The van der Waals surface area contributed by atoms with Crippen LogP contribution in [0.5, 0.6) is 5.75 Å². The van der Waals surface area contributed by atoms with Gasteiger partial charge in [0.2, 0.25) is 0 Å². The van der Waals surface area contributed by atoms with Crippen molar-refractivity contribution in [3.63, 3.8) is 0 Å². The maximum Gasteiger partial charge on any atom is 0.335 e. The van der Waals surface area contributed by atoms with Gasteiger partial charge in [-0.1, -0.05) is 0 Å². The van der Waals surface area contributed by atoms with E-state index in [1.807, 2.05) is 13.8 Å². The van der Waals surface area contributed by atoms with Crippen LogP contribution < -0.4 is 15.8 Å². The maximum absolute atomic E-state index is 10.8. The van der Waals surface area contributed by atoms with E-state index in [0.29, 0.717) is 11.4 Å². The minimum Gasteiger partial charge on any atom is -0.489 e. The molecule has 0 unspecified atom stereocenters. The summed E-state index contributed by atoms with van der Waals surface area (Å²) in [5.41, 5.74) is 5.96. The third kappa shape index (κ3) is 3.92. The molecule has 0 amide bonds. The fourth-order valence-corrected chi connectivity index (χ4v) is 1.36. The summed E-state index contributed by atoms with van der Waals surface area (Å²) in [4.78, 5) is 10.8. The normalized spacial score (nSPS) is 10.1. The largest absolute Gasteiger partial charge is 0.489 e. The number of anilines is 1. The van der Waals surface area contributed by atoms with E-state index in [0.717, 1.165) is 0 Å². The van der Waals surface area contributed by atoms with Crippen LogP contribution in [-0.4, -0.2) is 22.3 Å². The molecule has 92 valence electrons. The van der Waals surface area contributed by atoms with Gasteiger partial charge in [0.05, 0.1) is 17.4 Å². The molecule has 17 heavy (non-hydrogen) atoms. The van der Waals surface area contributed by atoms with Gasteiger partial charge in [0.1, 0.15) is 5.75 Å². The molecule has 6 heteroatoms. The number of benzene rings is 1. The quantitative estimate of drug-likeness (QED) is 0.711. The summed E-state index contributed by atoms with van der Waals surface area (Å²) in [6.07, 6.45) is -0.0300. The Kier molecular flexibility index (Phi) is 4.28. The smallest absolute Gasteiger partial charge is 0.335 e. The predicted octanol–water partition coefficient (Wildman–Crippen LogP) is 1.83. The van der Waals surface area contributed by atoms with Gasteiger partial charge in [0, 0.05) is 0 Å². The summed E-state index contributed by atoms with van der Waals surface area (Å²) in [7, 11) is 0. The summed E-state index contributed by atoms with van der Waals surface area (Å²) in [6, 6.07) is 4.47. The number of thiocarbonyl (C=S) groups is 1. The molecule has 0 spiro atoms. The average molecular weight is 254 g/mol. The number of hydrogen-bond acceptors (Lipinski definition) is 3. The van der Waals surface area contributed by atoms with E-state index in [2.05, 4.69) is 5.32 Å². The second-order valence-corrected chi connectivity index (χ2v) is 4.11. The summed E-state index contributed by atoms with van der Waals surface area (Å²) < 4.78 is 5.51. The van der Waals surface area contributed by atoms with Crippen molar-refractivity contribution in [3.05, 3.63) is 23.8 Å². The van der Waals surface area contributed by atoms with Crippen molar-refractivity contribution in [3.8, 4) is 5.75 Å². The van der Waals surface area contributed by atoms with Gasteiger partial charge in [-0.2, -0.15) is 0 Å². The lowest BCUT2D eigenvalue weighted by Crippen LogP contribution is -2.20. The summed E-state index contributed by atoms with van der Waals surface area (Å²) >= 11 is 4.72. The second-order valence-electron chi connectivity index (χ2n) is 3.67. The highest BCUT2D eigenvalue weighted by molar-refractivity contribution is 7.80. The Morgan fingerprint density at radius 1 is 1.53 bits per heavy atom. The third-order valence-corrected chi connectivity index (χ3v) is 1.95. The zero-order chi connectivity index (χ0) is 13.0. The van der Waals surface area contributed by atoms with Gasteiger partial charge in [-0.3, -0.25) is 0 Å². The van der Waals surface area contributed by atoms with Crippen molar-refractivity contribution in [1.29, 1.82) is 0 Å². The molecule has 4 N–H and O–H groups in total. The van der Waals surface area contributed by atoms with Crippen molar-refractivity contribution in [2.24, 2.45) is 5.73 Å². The first-order chi connectivity index (χ1) is 7.90. The Balaban J connectivity index is 3.11. The first-order valence-electron chi connectivity index (χ1n) is 5.00. The molecular weight excluding hydrogens is 240 g/mol. The van der Waals surface area contributed by atoms with Crippen LogP contribution in [0.1, 0.15) is 24.2 Å². The number of nitrogens with two attached hydrogens (primary N) is 1. The molecule has 0 heterocycles. The van der Waals surface area contributed by atoms with Crippen molar-refractivity contribution in [2.75, 3.05) is 5.32 Å². The highest BCUT2D eigenvalue weighted by Crippen LogP contribution is 2.26. The lowest BCUT2D eigenvalue weighted by Gasteiger charge is -2.15. The average Bonchev–Trinajstić information content (AvgIpc) is 2.18. The van der Waals surface area contributed by atoms with Crippen LogP contribution in [0, 0.1) is 0 Å². The zero-order valence-corrected chi connectivity index (χ0v) is 10.4. The lowest BCUT2D eigenvalue weighted by molar-refractivity contribution is 0.0697. The van der Waals surface area contributed by atoms with Gasteiger partial charge in [-0.25, -0.2) is 4.79 Å². The van der Waals surface area contributed by atoms with Crippen LogP contribution in [0.3, 0.4) is 0 Å². The van der Waals surface area contributed by atoms with E-state index < -0.39 is 5.97 Å². The third-order valence-electron chi connectivity index (χ3n) is 1.85. The molecule has 1 aromatic carbocycles. The van der Waals surface area contributed by atoms with Gasteiger partial charge in [-0.15, -0.1) is 0 Å². The Bertz CT molecular complexity index is 446. The van der Waals surface area contributed by atoms with Crippen LogP contribution >= 0.6 is 12.2 Å². The number of carbonyl (C=O) groups is 1. The summed E-state index contributed by atoms with van der Waals surface area (Å²) in [5.74, 6) is -0.509. The zero-order valence-electron chi connectivity index (χ0n) is 9.56. The van der Waals surface area contributed by atoms with Crippen molar-refractivity contribution in [2.45, 2.75) is 20.0 Å². The number of rotatable bonds is 4. The maximum atomic E-state index is 10.8. The molecule has 0 aromatic heterocycles. The molecule has 0 atom stereocenters. The monoisotopic (exact) mass is 254 g/mol. The Morgan fingerprint density at radius 3 is 2.65 bits per heavy atom. The van der Waals surface area contributed by atoms with E-state index in [-0.39, 0.29) is 16.8 Å². The fourth-order valence-electron chi connectivity index (χ4n) is 1.25. The SMILES string of the molecule is CC(C)Oc1ccc(C(=O)O)cc1NC(N)=S. The van der Waals surface area contributed by atoms with Crippen LogP contribution in [0.2, 0.25) is 0 Å². The number of carboxylic acids is 1. The fraction of sp³-hybridized carbons (Fsp3) is 0.273. The lowest BCUT2D eigenvalue weighted by atomic mass is 10.2. The number of aromatic carboxylic acids is 1. The molecule has 5 nitrogen and oxygen atoms in total. The second kappa shape index (κ2) is 5.49. The Labute approximate surface area is 105 Å². The highest BCUT2D eigenvalue weighted by atomic mass is 32.1. The van der Waals surface area contributed by atoms with Gasteiger partial charge < -0.3 is 20.9 Å². The van der Waals surface area contributed by atoms with E-state index in [1.54, 1.807) is 6.07 Å². The van der Waals surface area contributed by atoms with Crippen LogP contribution in [-0.2, 0) is 0 Å². The molecular formula is C11H14N2O3S. The van der Waals surface area contributed by atoms with Gasteiger partial charge >= 0.3 is 5.97 Å². The van der Waals surface area contributed by atoms with Gasteiger partial charge in [0.25, 0.3) is 0 Å². The molecule has 0 saturated carbocycles. The molecule has 0 saturated heterocycles. The van der Waals surface area contributed by atoms with Crippen molar-refractivity contribution in [1.82, 2.24) is 0 Å². The standard InChI is InChI=1S/C11H14N2O3S/c1-6(2)16-9-4-3-7(10(14)15)5-8(9)13-11(12)17/h3-6H,1-2H3,(H,14,15)(H3,12,13,17). The first kappa shape index (κ1) is 13.2. The minimum atomic E-state index is -1.02. The molecule has 0 radical (unpaired) electrons. The number of ether oxygens (including phenoxy) is 1. The van der Waals surface area contributed by atoms with Gasteiger partial charge in [0.15, 0.2) is 5.11 Å². The topological polar surface area (TPSA) is 84.6 Å². The molecule has 0 aliphatic heterocycles. The van der Waals surface area contributed by atoms with Crippen LogP contribution in [0.15, 0.2) is 18.2 Å². The Morgan fingerprint density at radius 2 is 2.18 bits per heavy atom. The minimum absolute atomic E-state index is 0.0300. The van der Waals surface area contributed by atoms with E-state index in [9.17, 15) is 4.79 Å². The number of hydrogen-bond donors (Lipinski definition) is 3. The Hall–Kier alpha value is -1.82.